The maximum atomic E-state index is 11.9. The number of hydrogen-bond donors (Lipinski definition) is 1. The minimum atomic E-state index is -0.900. The van der Waals surface area contributed by atoms with E-state index in [1.54, 1.807) is 14.2 Å². The van der Waals surface area contributed by atoms with Crippen LogP contribution in [0.25, 0.3) is 0 Å². The largest absolute Gasteiger partial charge is 0.493 e. The zero-order valence-electron chi connectivity index (χ0n) is 17.2. The third kappa shape index (κ3) is 4.29. The Labute approximate surface area is 174 Å². The fourth-order valence-electron chi connectivity index (χ4n) is 4.61. The third-order valence-electron chi connectivity index (χ3n) is 5.90. The lowest BCUT2D eigenvalue weighted by Crippen LogP contribution is -2.45. The number of halogens is 1. The Morgan fingerprint density at radius 1 is 1.00 bits per heavy atom. The first kappa shape index (κ1) is 22.5. The van der Waals surface area contributed by atoms with Gasteiger partial charge < -0.3 is 19.5 Å². The predicted molar refractivity (Wildman–Crippen MR) is 116 cm³/mol. The van der Waals surface area contributed by atoms with Gasteiger partial charge >= 0.3 is 0 Å². The number of hydrogen-bond acceptors (Lipinski definition) is 4. The summed E-state index contributed by atoms with van der Waals surface area (Å²) in [6.07, 6.45) is 3.90. The van der Waals surface area contributed by atoms with E-state index in [0.29, 0.717) is 11.5 Å². The lowest BCUT2D eigenvalue weighted by atomic mass is 9.67. The van der Waals surface area contributed by atoms with Gasteiger partial charge in [-0.25, -0.2) is 0 Å². The molecule has 1 aliphatic rings. The molecule has 1 N–H and O–H groups in total. The molecule has 0 heterocycles. The maximum absolute atomic E-state index is 11.9. The molecule has 0 spiro atoms. The molecule has 0 radical (unpaired) electrons. The Bertz CT molecular complexity index is 753. The molecule has 1 saturated carbocycles. The van der Waals surface area contributed by atoms with Gasteiger partial charge in [0.2, 0.25) is 0 Å². The highest BCUT2D eigenvalue weighted by Gasteiger charge is 2.45. The zero-order valence-corrected chi connectivity index (χ0v) is 18.0. The molecule has 0 bridgehead atoms. The molecule has 1 aliphatic carbocycles. The Morgan fingerprint density at radius 3 is 2.29 bits per heavy atom. The van der Waals surface area contributed by atoms with Crippen LogP contribution in [-0.4, -0.2) is 38.3 Å². The van der Waals surface area contributed by atoms with Gasteiger partial charge in [0.25, 0.3) is 0 Å². The molecule has 5 heteroatoms. The van der Waals surface area contributed by atoms with Crippen molar-refractivity contribution in [3.63, 3.8) is 0 Å². The SMILES string of the molecule is COc1ccc(C2(O)CCCCC2C(c2ccccc2)N(C)C)cc1OC.Cl. The topological polar surface area (TPSA) is 41.9 Å². The summed E-state index contributed by atoms with van der Waals surface area (Å²) >= 11 is 0. The summed E-state index contributed by atoms with van der Waals surface area (Å²) in [5, 5.41) is 11.9. The van der Waals surface area contributed by atoms with Crippen LogP contribution in [0.15, 0.2) is 48.5 Å². The molecule has 3 unspecified atom stereocenters. The average Bonchev–Trinajstić information content (AvgIpc) is 2.69. The Morgan fingerprint density at radius 2 is 1.68 bits per heavy atom. The van der Waals surface area contributed by atoms with Crippen LogP contribution < -0.4 is 9.47 Å². The number of rotatable bonds is 6. The predicted octanol–water partition coefficient (Wildman–Crippen LogP) is 4.81. The van der Waals surface area contributed by atoms with E-state index in [1.807, 2.05) is 24.3 Å². The van der Waals surface area contributed by atoms with Gasteiger partial charge in [-0.3, -0.25) is 0 Å². The fourth-order valence-corrected chi connectivity index (χ4v) is 4.61. The number of ether oxygens (including phenoxy) is 2. The molecule has 0 aromatic heterocycles. The molecule has 154 valence electrons. The van der Waals surface area contributed by atoms with Gasteiger partial charge in [0.1, 0.15) is 0 Å². The summed E-state index contributed by atoms with van der Waals surface area (Å²) in [5.41, 5.74) is 1.25. The van der Waals surface area contributed by atoms with E-state index in [2.05, 4.69) is 43.3 Å². The van der Waals surface area contributed by atoms with Crippen molar-refractivity contribution in [3.8, 4) is 11.5 Å². The van der Waals surface area contributed by atoms with Crippen molar-refractivity contribution in [1.29, 1.82) is 0 Å². The van der Waals surface area contributed by atoms with Crippen LogP contribution in [0.5, 0.6) is 11.5 Å². The highest BCUT2D eigenvalue weighted by Crippen LogP contribution is 2.50. The van der Waals surface area contributed by atoms with Crippen LogP contribution in [0.2, 0.25) is 0 Å². The van der Waals surface area contributed by atoms with Gasteiger partial charge in [0.05, 0.1) is 19.8 Å². The summed E-state index contributed by atoms with van der Waals surface area (Å²) in [6.45, 7) is 0. The Balaban J connectivity index is 0.00000280. The molecular weight excluding hydrogens is 374 g/mol. The van der Waals surface area contributed by atoms with Crippen molar-refractivity contribution in [1.82, 2.24) is 4.90 Å². The van der Waals surface area contributed by atoms with Gasteiger partial charge in [-0.15, -0.1) is 12.4 Å². The maximum Gasteiger partial charge on any atom is 0.161 e. The second kappa shape index (κ2) is 9.64. The van der Waals surface area contributed by atoms with Gasteiger partial charge in [-0.2, -0.15) is 0 Å². The normalized spacial score (nSPS) is 23.0. The van der Waals surface area contributed by atoms with E-state index in [1.165, 1.54) is 5.56 Å². The van der Waals surface area contributed by atoms with Gasteiger partial charge in [0, 0.05) is 12.0 Å². The van der Waals surface area contributed by atoms with Crippen LogP contribution in [0.1, 0.15) is 42.9 Å². The van der Waals surface area contributed by atoms with E-state index >= 15 is 0 Å². The van der Waals surface area contributed by atoms with Crippen LogP contribution >= 0.6 is 12.4 Å². The highest BCUT2D eigenvalue weighted by atomic mass is 35.5. The van der Waals surface area contributed by atoms with Crippen LogP contribution in [0, 0.1) is 5.92 Å². The van der Waals surface area contributed by atoms with Crippen LogP contribution in [0.3, 0.4) is 0 Å². The van der Waals surface area contributed by atoms with E-state index in [4.69, 9.17) is 9.47 Å². The summed E-state index contributed by atoms with van der Waals surface area (Å²) in [6, 6.07) is 16.5. The van der Waals surface area contributed by atoms with E-state index in [0.717, 1.165) is 31.2 Å². The van der Waals surface area contributed by atoms with E-state index < -0.39 is 5.60 Å². The van der Waals surface area contributed by atoms with Crippen molar-refractivity contribution in [2.75, 3.05) is 28.3 Å². The highest BCUT2D eigenvalue weighted by molar-refractivity contribution is 5.85. The second-order valence-corrected chi connectivity index (χ2v) is 7.67. The van der Waals surface area contributed by atoms with Crippen molar-refractivity contribution in [3.05, 3.63) is 59.7 Å². The molecule has 2 aromatic rings. The lowest BCUT2D eigenvalue weighted by molar-refractivity contribution is -0.0839. The third-order valence-corrected chi connectivity index (χ3v) is 5.90. The molecule has 0 saturated heterocycles. The van der Waals surface area contributed by atoms with Gasteiger partial charge in [-0.1, -0.05) is 49.2 Å². The summed E-state index contributed by atoms with van der Waals surface area (Å²) in [7, 11) is 7.46. The number of benzene rings is 2. The molecule has 2 aromatic carbocycles. The summed E-state index contributed by atoms with van der Waals surface area (Å²) < 4.78 is 10.9. The lowest BCUT2D eigenvalue weighted by Gasteiger charge is -2.46. The molecule has 0 aliphatic heterocycles. The molecule has 3 rings (SSSR count). The first-order valence-corrected chi connectivity index (χ1v) is 9.67. The standard InChI is InChI=1S/C23H31NO3.ClH/c1-24(2)22(17-10-6-5-7-11-17)19-12-8-9-15-23(19,25)18-13-14-20(26-3)21(16-18)27-4;/h5-7,10-11,13-14,16,19,22,25H,8-9,12,15H2,1-4H3;1H. The monoisotopic (exact) mass is 405 g/mol. The van der Waals surface area contributed by atoms with Gasteiger partial charge in [0.15, 0.2) is 11.5 Å². The average molecular weight is 406 g/mol. The van der Waals surface area contributed by atoms with Crippen LogP contribution in [0.4, 0.5) is 0 Å². The Hall–Kier alpha value is -1.75. The number of methoxy groups -OCH3 is 2. The molecule has 28 heavy (non-hydrogen) atoms. The van der Waals surface area contributed by atoms with Crippen molar-refractivity contribution >= 4 is 12.4 Å². The molecule has 4 nitrogen and oxygen atoms in total. The fraction of sp³-hybridized carbons (Fsp3) is 0.478. The molecular formula is C23H32ClNO3. The smallest absolute Gasteiger partial charge is 0.161 e. The first-order valence-electron chi connectivity index (χ1n) is 9.67. The quantitative estimate of drug-likeness (QED) is 0.749. The van der Waals surface area contributed by atoms with Gasteiger partial charge in [-0.05, 0) is 50.2 Å². The molecule has 3 atom stereocenters. The van der Waals surface area contributed by atoms with Crippen LogP contribution in [-0.2, 0) is 5.60 Å². The van der Waals surface area contributed by atoms with Crippen molar-refractivity contribution < 1.29 is 14.6 Å². The van der Waals surface area contributed by atoms with E-state index in [-0.39, 0.29) is 24.4 Å². The molecule has 0 amide bonds. The minimum Gasteiger partial charge on any atom is -0.493 e. The minimum absolute atomic E-state index is 0. The number of nitrogens with zero attached hydrogens (tertiary/aromatic N) is 1. The second-order valence-electron chi connectivity index (χ2n) is 7.67. The van der Waals surface area contributed by atoms with E-state index in [9.17, 15) is 5.11 Å². The zero-order chi connectivity index (χ0) is 19.4. The first-order chi connectivity index (χ1) is 13.0. The summed E-state index contributed by atoms with van der Waals surface area (Å²) in [5.74, 6) is 1.44. The summed E-state index contributed by atoms with van der Waals surface area (Å²) in [4.78, 5) is 2.23. The molecule has 1 fully saturated rings. The van der Waals surface area contributed by atoms with Crippen molar-refractivity contribution in [2.45, 2.75) is 37.3 Å². The number of aliphatic hydroxyl groups is 1. The van der Waals surface area contributed by atoms with Crippen molar-refractivity contribution in [2.24, 2.45) is 5.92 Å². The Kier molecular flexibility index (Phi) is 7.76.